The molecule has 1 aliphatic rings. The van der Waals surface area contributed by atoms with Gasteiger partial charge in [-0.1, -0.05) is 11.8 Å². The van der Waals surface area contributed by atoms with Crippen molar-refractivity contribution in [2.75, 3.05) is 19.0 Å². The summed E-state index contributed by atoms with van der Waals surface area (Å²) < 4.78 is 47.9. The zero-order chi connectivity index (χ0) is 17.2. The van der Waals surface area contributed by atoms with Gasteiger partial charge in [0.1, 0.15) is 13.2 Å². The molecule has 0 amide bonds. The maximum Gasteiger partial charge on any atom is 0.415 e. The van der Waals surface area contributed by atoms with Gasteiger partial charge in [-0.05, 0) is 24.3 Å². The average Bonchev–Trinajstić information content (AvgIpc) is 2.58. The van der Waals surface area contributed by atoms with Crippen molar-refractivity contribution in [2.24, 2.45) is 0 Å². The van der Waals surface area contributed by atoms with Crippen LogP contribution in [0, 0.1) is 0 Å². The number of halogens is 3. The van der Waals surface area contributed by atoms with E-state index in [4.69, 9.17) is 14.6 Å². The van der Waals surface area contributed by atoms with Crippen LogP contribution in [0.15, 0.2) is 35.6 Å². The number of aliphatic hydroxyl groups excluding tert-OH is 1. The summed E-state index contributed by atoms with van der Waals surface area (Å²) in [5.74, 6) is 0.676. The fraction of sp³-hybridized carbons (Fsp3) is 0.333. The number of fused-ring (bicyclic) bond motifs is 1. The van der Waals surface area contributed by atoms with Gasteiger partial charge in [-0.3, -0.25) is 0 Å². The molecule has 0 radical (unpaired) electrons. The number of ether oxygens (including phenoxy) is 2. The monoisotopic (exact) mass is 358 g/mol. The van der Waals surface area contributed by atoms with E-state index in [2.05, 4.69) is 9.97 Å². The third-order valence-corrected chi connectivity index (χ3v) is 4.16. The smallest absolute Gasteiger partial charge is 0.415 e. The summed E-state index contributed by atoms with van der Waals surface area (Å²) in [6.45, 7) is 0.943. The molecule has 0 spiro atoms. The molecule has 24 heavy (non-hydrogen) atoms. The third-order valence-electron chi connectivity index (χ3n) is 3.22. The van der Waals surface area contributed by atoms with E-state index in [1.54, 1.807) is 24.3 Å². The quantitative estimate of drug-likeness (QED) is 0.670. The second kappa shape index (κ2) is 6.86. The molecule has 1 aliphatic heterocycles. The second-order valence-electron chi connectivity index (χ2n) is 4.95. The Morgan fingerprint density at radius 3 is 2.67 bits per heavy atom. The van der Waals surface area contributed by atoms with Crippen molar-refractivity contribution in [1.29, 1.82) is 0 Å². The fourth-order valence-electron chi connectivity index (χ4n) is 2.02. The maximum atomic E-state index is 12.3. The highest BCUT2D eigenvalue weighted by Crippen LogP contribution is 2.34. The van der Waals surface area contributed by atoms with Crippen LogP contribution in [0.5, 0.6) is 11.5 Å². The van der Waals surface area contributed by atoms with Crippen LogP contribution in [0.25, 0.3) is 11.3 Å². The molecule has 0 aliphatic carbocycles. The lowest BCUT2D eigenvalue weighted by Crippen LogP contribution is -2.30. The molecule has 1 aromatic heterocycles. The SMILES string of the molecule is O[C@H](CSc1nccc(-c2ccc3c(c2)OCCO3)n1)C(F)(F)F. The van der Waals surface area contributed by atoms with E-state index in [1.807, 2.05) is 0 Å². The molecule has 5 nitrogen and oxygen atoms in total. The highest BCUT2D eigenvalue weighted by Gasteiger charge is 2.38. The number of aromatic nitrogens is 2. The Bertz CT molecular complexity index is 727. The number of hydrogen-bond donors (Lipinski definition) is 1. The van der Waals surface area contributed by atoms with Crippen LogP contribution in [0.4, 0.5) is 13.2 Å². The zero-order valence-electron chi connectivity index (χ0n) is 12.3. The van der Waals surface area contributed by atoms with Crippen molar-refractivity contribution in [1.82, 2.24) is 9.97 Å². The van der Waals surface area contributed by atoms with Crippen LogP contribution in [-0.4, -0.2) is 46.3 Å². The van der Waals surface area contributed by atoms with Crippen LogP contribution in [0.3, 0.4) is 0 Å². The summed E-state index contributed by atoms with van der Waals surface area (Å²) in [5, 5.41) is 9.19. The van der Waals surface area contributed by atoms with Crippen molar-refractivity contribution in [3.63, 3.8) is 0 Å². The van der Waals surface area contributed by atoms with E-state index in [9.17, 15) is 13.2 Å². The molecule has 0 saturated heterocycles. The predicted molar refractivity (Wildman–Crippen MR) is 81.2 cm³/mol. The molecule has 0 unspecified atom stereocenters. The first-order chi connectivity index (χ1) is 11.4. The molecular formula is C15H13F3N2O3S. The van der Waals surface area contributed by atoms with Crippen molar-refractivity contribution >= 4 is 11.8 Å². The standard InChI is InChI=1S/C15H13F3N2O3S/c16-15(17,18)13(21)8-24-14-19-4-3-10(20-14)9-1-2-11-12(7-9)23-6-5-22-11/h1-4,7,13,21H,5-6,8H2/t13-/m1/s1. The van der Waals surface area contributed by atoms with Gasteiger partial charge in [0.15, 0.2) is 22.8 Å². The van der Waals surface area contributed by atoms with E-state index < -0.39 is 18.0 Å². The predicted octanol–water partition coefficient (Wildman–Crippen LogP) is 2.93. The number of nitrogens with zero attached hydrogens (tertiary/aromatic N) is 2. The van der Waals surface area contributed by atoms with Crippen molar-refractivity contribution in [2.45, 2.75) is 17.4 Å². The fourth-order valence-corrected chi connectivity index (χ4v) is 2.82. The normalized spacial score (nSPS) is 15.2. The molecule has 0 saturated carbocycles. The first-order valence-electron chi connectivity index (χ1n) is 7.04. The summed E-state index contributed by atoms with van der Waals surface area (Å²) in [6.07, 6.45) is -5.61. The van der Waals surface area contributed by atoms with Crippen molar-refractivity contribution < 1.29 is 27.8 Å². The van der Waals surface area contributed by atoms with Crippen molar-refractivity contribution in [3.05, 3.63) is 30.5 Å². The molecule has 1 aromatic carbocycles. The van der Waals surface area contributed by atoms with Crippen molar-refractivity contribution in [3.8, 4) is 22.8 Å². The average molecular weight is 358 g/mol. The van der Waals surface area contributed by atoms with Crippen LogP contribution in [0.1, 0.15) is 0 Å². The van der Waals surface area contributed by atoms with Gasteiger partial charge < -0.3 is 14.6 Å². The number of aliphatic hydroxyl groups is 1. The number of hydrogen-bond acceptors (Lipinski definition) is 6. The van der Waals surface area contributed by atoms with E-state index in [-0.39, 0.29) is 5.16 Å². The Kier molecular flexibility index (Phi) is 4.81. The summed E-state index contributed by atoms with van der Waals surface area (Å²) in [5.41, 5.74) is 1.28. The van der Waals surface area contributed by atoms with Gasteiger partial charge in [0.2, 0.25) is 0 Å². The van der Waals surface area contributed by atoms with Gasteiger partial charge in [-0.2, -0.15) is 13.2 Å². The van der Waals surface area contributed by atoms with E-state index in [1.165, 1.54) is 6.20 Å². The molecule has 0 fully saturated rings. The topological polar surface area (TPSA) is 64.5 Å². The lowest BCUT2D eigenvalue weighted by Gasteiger charge is -2.18. The van der Waals surface area contributed by atoms with E-state index >= 15 is 0 Å². The Balaban J connectivity index is 1.76. The van der Waals surface area contributed by atoms with Gasteiger partial charge in [0.25, 0.3) is 0 Å². The van der Waals surface area contributed by atoms with Crippen LogP contribution in [0.2, 0.25) is 0 Å². The Labute approximate surface area is 139 Å². The van der Waals surface area contributed by atoms with Crippen LogP contribution < -0.4 is 9.47 Å². The van der Waals surface area contributed by atoms with E-state index in [0.717, 1.165) is 17.3 Å². The number of benzene rings is 1. The summed E-state index contributed by atoms with van der Waals surface area (Å²) in [6, 6.07) is 6.95. The molecule has 1 N–H and O–H groups in total. The number of thioether (sulfide) groups is 1. The second-order valence-corrected chi connectivity index (χ2v) is 5.94. The highest BCUT2D eigenvalue weighted by molar-refractivity contribution is 7.99. The first-order valence-corrected chi connectivity index (χ1v) is 8.03. The number of rotatable bonds is 4. The Morgan fingerprint density at radius 2 is 1.92 bits per heavy atom. The van der Waals surface area contributed by atoms with Gasteiger partial charge in [0, 0.05) is 17.5 Å². The highest BCUT2D eigenvalue weighted by atomic mass is 32.2. The Morgan fingerprint density at radius 1 is 1.17 bits per heavy atom. The molecular weight excluding hydrogens is 345 g/mol. The molecule has 1 atom stereocenters. The van der Waals surface area contributed by atoms with Crippen LogP contribution in [-0.2, 0) is 0 Å². The molecule has 0 bridgehead atoms. The lowest BCUT2D eigenvalue weighted by atomic mass is 10.1. The summed E-state index contributed by atoms with van der Waals surface area (Å²) in [7, 11) is 0. The first kappa shape index (κ1) is 16.8. The molecule has 128 valence electrons. The largest absolute Gasteiger partial charge is 0.486 e. The third kappa shape index (κ3) is 3.90. The maximum absolute atomic E-state index is 12.3. The van der Waals surface area contributed by atoms with Gasteiger partial charge in [-0.25, -0.2) is 9.97 Å². The zero-order valence-corrected chi connectivity index (χ0v) is 13.1. The summed E-state index contributed by atoms with van der Waals surface area (Å²) in [4.78, 5) is 8.15. The van der Waals surface area contributed by atoms with Crippen LogP contribution >= 0.6 is 11.8 Å². The van der Waals surface area contributed by atoms with E-state index in [0.29, 0.717) is 30.4 Å². The minimum Gasteiger partial charge on any atom is -0.486 e. The van der Waals surface area contributed by atoms with Gasteiger partial charge in [0.05, 0.1) is 5.69 Å². The molecule has 3 rings (SSSR count). The molecule has 2 aromatic rings. The lowest BCUT2D eigenvalue weighted by molar-refractivity contribution is -0.195. The minimum absolute atomic E-state index is 0.158. The Hall–Kier alpha value is -2.00. The summed E-state index contributed by atoms with van der Waals surface area (Å²) >= 11 is 0.745. The molecule has 2 heterocycles. The molecule has 9 heteroatoms. The minimum atomic E-state index is -4.65. The number of alkyl halides is 3. The van der Waals surface area contributed by atoms with Gasteiger partial charge in [-0.15, -0.1) is 0 Å². The van der Waals surface area contributed by atoms with Gasteiger partial charge >= 0.3 is 6.18 Å².